The van der Waals surface area contributed by atoms with Gasteiger partial charge in [0.05, 0.1) is 11.5 Å². The number of thioether (sulfide) groups is 1. The Hall–Kier alpha value is -1.76. The van der Waals surface area contributed by atoms with E-state index in [-0.39, 0.29) is 23.2 Å². The van der Waals surface area contributed by atoms with Gasteiger partial charge < -0.3 is 13.7 Å². The molecule has 23 heavy (non-hydrogen) atoms. The average molecular weight is 335 g/mol. The van der Waals surface area contributed by atoms with Crippen LogP contribution in [0.3, 0.4) is 0 Å². The molecule has 3 heterocycles. The Morgan fingerprint density at radius 3 is 2.74 bits per heavy atom. The number of rotatable bonds is 4. The summed E-state index contributed by atoms with van der Waals surface area (Å²) in [7, 11) is 0. The van der Waals surface area contributed by atoms with Crippen molar-refractivity contribution in [3.05, 3.63) is 18.4 Å². The summed E-state index contributed by atoms with van der Waals surface area (Å²) in [5, 5.41) is 8.07. The summed E-state index contributed by atoms with van der Waals surface area (Å²) in [5.74, 6) is 0.992. The van der Waals surface area contributed by atoms with Crippen LogP contribution in [0.15, 0.2) is 32.5 Å². The Morgan fingerprint density at radius 2 is 2.09 bits per heavy atom. The van der Waals surface area contributed by atoms with Gasteiger partial charge in [-0.3, -0.25) is 4.79 Å². The Kier molecular flexibility index (Phi) is 4.75. The van der Waals surface area contributed by atoms with Gasteiger partial charge in [-0.25, -0.2) is 0 Å². The maximum absolute atomic E-state index is 12.8. The van der Waals surface area contributed by atoms with Crippen molar-refractivity contribution in [1.82, 2.24) is 15.1 Å². The molecule has 0 spiro atoms. The first kappa shape index (κ1) is 16.1. The standard InChI is InChI=1S/C16H21N3O3S/c1-10-6-4-7-11(2)19(10)15(20)12(3)23-16-18-17-14(22-16)13-8-5-9-21-13/h5,8-12H,4,6-7H2,1-3H3/t10-,11+,12-/m1/s1. The first-order valence-corrected chi connectivity index (χ1v) is 8.80. The zero-order valence-corrected chi connectivity index (χ0v) is 14.4. The lowest BCUT2D eigenvalue weighted by Crippen LogP contribution is -2.50. The molecule has 1 fully saturated rings. The first-order valence-electron chi connectivity index (χ1n) is 7.92. The van der Waals surface area contributed by atoms with Crippen LogP contribution in [0.1, 0.15) is 40.0 Å². The molecule has 3 rings (SSSR count). The molecule has 124 valence electrons. The molecule has 0 bridgehead atoms. The van der Waals surface area contributed by atoms with Crippen LogP contribution < -0.4 is 0 Å². The molecule has 1 saturated heterocycles. The fourth-order valence-electron chi connectivity index (χ4n) is 3.02. The number of hydrogen-bond donors (Lipinski definition) is 0. The number of carbonyl (C=O) groups is 1. The Bertz CT molecular complexity index is 645. The maximum Gasteiger partial charge on any atom is 0.284 e. The number of amides is 1. The molecule has 3 atom stereocenters. The van der Waals surface area contributed by atoms with E-state index in [1.807, 2.05) is 11.8 Å². The van der Waals surface area contributed by atoms with Crippen molar-refractivity contribution in [2.45, 2.75) is 62.6 Å². The van der Waals surface area contributed by atoms with Crippen LogP contribution in [-0.4, -0.2) is 38.3 Å². The summed E-state index contributed by atoms with van der Waals surface area (Å²) in [6, 6.07) is 4.09. The van der Waals surface area contributed by atoms with Gasteiger partial charge in [-0.15, -0.1) is 10.2 Å². The maximum atomic E-state index is 12.8. The second-order valence-electron chi connectivity index (χ2n) is 5.98. The largest absolute Gasteiger partial charge is 0.459 e. The van der Waals surface area contributed by atoms with E-state index in [4.69, 9.17) is 8.83 Å². The van der Waals surface area contributed by atoms with Gasteiger partial charge in [0.25, 0.3) is 11.1 Å². The molecule has 1 aliphatic heterocycles. The van der Waals surface area contributed by atoms with E-state index < -0.39 is 0 Å². The van der Waals surface area contributed by atoms with Gasteiger partial charge in [-0.05, 0) is 52.2 Å². The lowest BCUT2D eigenvalue weighted by molar-refractivity contribution is -0.136. The minimum absolute atomic E-state index is 0.132. The van der Waals surface area contributed by atoms with Gasteiger partial charge in [-0.2, -0.15) is 0 Å². The lowest BCUT2D eigenvalue weighted by Gasteiger charge is -2.40. The van der Waals surface area contributed by atoms with Gasteiger partial charge in [0.1, 0.15) is 0 Å². The van der Waals surface area contributed by atoms with Crippen molar-refractivity contribution >= 4 is 17.7 Å². The van der Waals surface area contributed by atoms with Crippen LogP contribution in [0, 0.1) is 0 Å². The summed E-state index contributed by atoms with van der Waals surface area (Å²) < 4.78 is 10.8. The lowest BCUT2D eigenvalue weighted by atomic mass is 9.97. The smallest absolute Gasteiger partial charge is 0.284 e. The molecule has 6 nitrogen and oxygen atoms in total. The number of piperidine rings is 1. The average Bonchev–Trinajstić information content (AvgIpc) is 3.17. The molecule has 1 amide bonds. The second kappa shape index (κ2) is 6.78. The molecule has 0 aliphatic carbocycles. The first-order chi connectivity index (χ1) is 11.1. The van der Waals surface area contributed by atoms with E-state index in [0.29, 0.717) is 16.9 Å². The van der Waals surface area contributed by atoms with Crippen molar-refractivity contribution in [2.24, 2.45) is 0 Å². The topological polar surface area (TPSA) is 72.4 Å². The van der Waals surface area contributed by atoms with Crippen molar-refractivity contribution in [1.29, 1.82) is 0 Å². The zero-order chi connectivity index (χ0) is 16.4. The molecule has 7 heteroatoms. The van der Waals surface area contributed by atoms with E-state index in [1.165, 1.54) is 18.2 Å². The fourth-order valence-corrected chi connectivity index (χ4v) is 3.76. The second-order valence-corrected chi connectivity index (χ2v) is 7.28. The van der Waals surface area contributed by atoms with Crippen LogP contribution in [0.5, 0.6) is 0 Å². The highest BCUT2D eigenvalue weighted by Gasteiger charge is 2.32. The third kappa shape index (κ3) is 3.44. The van der Waals surface area contributed by atoms with E-state index in [9.17, 15) is 4.79 Å². The summed E-state index contributed by atoms with van der Waals surface area (Å²) in [4.78, 5) is 14.8. The Morgan fingerprint density at radius 1 is 1.35 bits per heavy atom. The summed E-state index contributed by atoms with van der Waals surface area (Å²) in [6.45, 7) is 6.12. The quantitative estimate of drug-likeness (QED) is 0.795. The molecule has 0 saturated carbocycles. The highest BCUT2D eigenvalue weighted by molar-refractivity contribution is 8.00. The molecular formula is C16H21N3O3S. The third-order valence-electron chi connectivity index (χ3n) is 4.21. The zero-order valence-electron chi connectivity index (χ0n) is 13.6. The Balaban J connectivity index is 1.66. The van der Waals surface area contributed by atoms with E-state index in [0.717, 1.165) is 12.8 Å². The minimum Gasteiger partial charge on any atom is -0.459 e. The highest BCUT2D eigenvalue weighted by Crippen LogP contribution is 2.30. The SMILES string of the molecule is C[C@@H]1CCC[C@H](C)N1C(=O)[C@@H](C)Sc1nnc(-c2ccco2)o1. The molecule has 2 aromatic rings. The summed E-state index contributed by atoms with van der Waals surface area (Å²) in [5.41, 5.74) is 0. The van der Waals surface area contributed by atoms with Gasteiger partial charge in [0.15, 0.2) is 5.76 Å². The number of aromatic nitrogens is 2. The van der Waals surface area contributed by atoms with Gasteiger partial charge in [0, 0.05) is 12.1 Å². The van der Waals surface area contributed by atoms with Gasteiger partial charge in [-0.1, -0.05) is 11.8 Å². The van der Waals surface area contributed by atoms with Crippen molar-refractivity contribution < 1.29 is 13.6 Å². The fraction of sp³-hybridized carbons (Fsp3) is 0.562. The summed E-state index contributed by atoms with van der Waals surface area (Å²) >= 11 is 1.29. The normalized spacial score (nSPS) is 23.0. The van der Waals surface area contributed by atoms with Crippen LogP contribution >= 0.6 is 11.8 Å². The predicted molar refractivity (Wildman–Crippen MR) is 86.9 cm³/mol. The van der Waals surface area contributed by atoms with Crippen LogP contribution in [0.4, 0.5) is 0 Å². The molecule has 2 aromatic heterocycles. The molecule has 0 unspecified atom stereocenters. The predicted octanol–water partition coefficient (Wildman–Crippen LogP) is 3.60. The van der Waals surface area contributed by atoms with Gasteiger partial charge in [0.2, 0.25) is 5.91 Å². The summed E-state index contributed by atoms with van der Waals surface area (Å²) in [6.07, 6.45) is 4.87. The van der Waals surface area contributed by atoms with Crippen LogP contribution in [-0.2, 0) is 4.79 Å². The van der Waals surface area contributed by atoms with Crippen LogP contribution in [0.2, 0.25) is 0 Å². The number of likely N-dealkylation sites (tertiary alicyclic amines) is 1. The number of furan rings is 1. The van der Waals surface area contributed by atoms with Crippen molar-refractivity contribution in [3.8, 4) is 11.7 Å². The molecular weight excluding hydrogens is 314 g/mol. The molecule has 0 radical (unpaired) electrons. The van der Waals surface area contributed by atoms with E-state index >= 15 is 0 Å². The Labute approximate surface area is 139 Å². The van der Waals surface area contributed by atoms with E-state index in [1.54, 1.807) is 18.4 Å². The number of hydrogen-bond acceptors (Lipinski definition) is 6. The third-order valence-corrected chi connectivity index (χ3v) is 5.13. The number of carbonyl (C=O) groups excluding carboxylic acids is 1. The van der Waals surface area contributed by atoms with Crippen molar-refractivity contribution in [3.63, 3.8) is 0 Å². The molecule has 0 aromatic carbocycles. The van der Waals surface area contributed by atoms with Gasteiger partial charge >= 0.3 is 0 Å². The molecule has 1 aliphatic rings. The van der Waals surface area contributed by atoms with Crippen molar-refractivity contribution in [2.75, 3.05) is 0 Å². The molecule has 0 N–H and O–H groups in total. The highest BCUT2D eigenvalue weighted by atomic mass is 32.2. The number of nitrogens with zero attached hydrogens (tertiary/aromatic N) is 3. The monoisotopic (exact) mass is 335 g/mol. The van der Waals surface area contributed by atoms with E-state index in [2.05, 4.69) is 24.0 Å². The van der Waals surface area contributed by atoms with Crippen LogP contribution in [0.25, 0.3) is 11.7 Å². The minimum atomic E-state index is -0.261.